The summed E-state index contributed by atoms with van der Waals surface area (Å²) in [6, 6.07) is 5.99. The van der Waals surface area contributed by atoms with E-state index in [4.69, 9.17) is 56.1 Å². The number of esters is 3. The number of nitrogens with one attached hydrogen (secondary N) is 2. The summed E-state index contributed by atoms with van der Waals surface area (Å²) in [7, 11) is 0. The number of benzene rings is 3. The monoisotopic (exact) mass is 932 g/mol. The van der Waals surface area contributed by atoms with Crippen LogP contribution >= 0.6 is 46.6 Å². The lowest BCUT2D eigenvalue weighted by Gasteiger charge is -2.11. The first-order valence-corrected chi connectivity index (χ1v) is 18.0. The van der Waals surface area contributed by atoms with Crippen LogP contribution in [0.5, 0.6) is 0 Å². The van der Waals surface area contributed by atoms with Crippen molar-refractivity contribution in [3.63, 3.8) is 0 Å². The number of hydrogen-bond acceptors (Lipinski definition) is 13. The van der Waals surface area contributed by atoms with E-state index in [9.17, 15) is 50.3 Å². The molecule has 326 valence electrons. The van der Waals surface area contributed by atoms with Crippen LogP contribution in [0.25, 0.3) is 5.69 Å². The van der Waals surface area contributed by atoms with Gasteiger partial charge in [0, 0.05) is 17.3 Å². The molecule has 1 heterocycles. The second-order valence-electron chi connectivity index (χ2n) is 11.1. The fourth-order valence-electron chi connectivity index (χ4n) is 4.08. The zero-order chi connectivity index (χ0) is 44.8. The Morgan fingerprint density at radius 1 is 0.750 bits per heavy atom. The van der Waals surface area contributed by atoms with Crippen LogP contribution in [0, 0.1) is 31.3 Å². The molecule has 1 aromatic heterocycles. The van der Waals surface area contributed by atoms with Crippen LogP contribution < -0.4 is 22.0 Å². The summed E-state index contributed by atoms with van der Waals surface area (Å²) in [5.74, 6) is -6.74. The fraction of sp³-hybridized carbons (Fsp3) is 0.250. The van der Waals surface area contributed by atoms with E-state index in [0.717, 1.165) is 28.9 Å². The molecule has 14 nitrogen and oxygen atoms in total. The molecule has 5 N–H and O–H groups in total. The molecule has 0 bridgehead atoms. The molecule has 0 aliphatic carbocycles. The number of ketones is 1. The molecule has 0 spiro atoms. The molecule has 4 aromatic rings. The second kappa shape index (κ2) is 24.0. The van der Waals surface area contributed by atoms with Crippen LogP contribution in [0.15, 0.2) is 52.5 Å². The standard InChI is InChI=1S/C15H14ClFN2O3.C12H9ClF4N2O3.C9H8Cl2FNO2.H3N/c1-4-22-15(21)10-5-13(12(17)6-11(10)16)19-14(20)9(3)8(2)7-18-19;1-2-22-11(21)6-3-9(8(14)4-7(6)13)19-18-5-10(20)12(15,16)17;1-2-15-9(14)5-3-8(13-11)7(12)4-6(5)10;/h5-7H,4H2,1-3H3;3-5,19H,2H2,1H3;3-4,13H,2H2,1H3;1H3/b;18-5+;;. The molecule has 0 fully saturated rings. The van der Waals surface area contributed by atoms with E-state index in [1.807, 2.05) is 5.43 Å². The molecule has 24 heteroatoms. The number of hydrazone groups is 1. The lowest BCUT2D eigenvalue weighted by atomic mass is 10.1. The summed E-state index contributed by atoms with van der Waals surface area (Å²) >= 11 is 22.5. The van der Waals surface area contributed by atoms with Gasteiger partial charge in [-0.05, 0) is 76.6 Å². The van der Waals surface area contributed by atoms with E-state index in [1.54, 1.807) is 34.6 Å². The van der Waals surface area contributed by atoms with Gasteiger partial charge in [-0.1, -0.05) is 34.8 Å². The normalized spacial score (nSPS) is 10.6. The number of aromatic nitrogens is 2. The summed E-state index contributed by atoms with van der Waals surface area (Å²) in [6.07, 6.45) is -3.69. The minimum atomic E-state index is -5.08. The Kier molecular flexibility index (Phi) is 21.0. The quantitative estimate of drug-likeness (QED) is 0.0322. The van der Waals surface area contributed by atoms with Crippen LogP contribution in [-0.4, -0.2) is 65.7 Å². The van der Waals surface area contributed by atoms with E-state index in [2.05, 4.69) is 19.8 Å². The number of alkyl halides is 3. The Morgan fingerprint density at radius 3 is 1.60 bits per heavy atom. The van der Waals surface area contributed by atoms with Gasteiger partial charge in [-0.2, -0.15) is 28.1 Å². The maximum atomic E-state index is 14.1. The van der Waals surface area contributed by atoms with Gasteiger partial charge in [-0.25, -0.2) is 27.6 Å². The number of rotatable bonds is 11. The summed E-state index contributed by atoms with van der Waals surface area (Å²) in [6.45, 7) is 8.63. The van der Waals surface area contributed by atoms with Crippen LogP contribution in [0.4, 0.5) is 37.7 Å². The largest absolute Gasteiger partial charge is 0.462 e. The SMILES string of the molecule is CCOC(=O)c1cc(-n2ncc(C)c(C)c2=O)c(F)cc1Cl.CCOC(=O)c1cc(N/N=C/C(=O)C(F)(F)F)c(F)cc1Cl.CCOC(=O)c1cc(NCl)c(F)cc1Cl.N. The number of aryl methyl sites for hydroxylation is 1. The predicted molar refractivity (Wildman–Crippen MR) is 213 cm³/mol. The molecular formula is C36H34Cl4F6N6O8. The average molecular weight is 935 g/mol. The first-order chi connectivity index (χ1) is 27.6. The van der Waals surface area contributed by atoms with Crippen molar-refractivity contribution < 1.29 is 59.7 Å². The molecular weight excluding hydrogens is 900 g/mol. The Labute approximate surface area is 357 Å². The zero-order valence-electron chi connectivity index (χ0n) is 31.8. The van der Waals surface area contributed by atoms with Crippen LogP contribution in [0.2, 0.25) is 15.1 Å². The molecule has 4 rings (SSSR count). The van der Waals surface area contributed by atoms with Crippen molar-refractivity contribution in [2.45, 2.75) is 40.8 Å². The van der Waals surface area contributed by atoms with Gasteiger partial charge in [-0.15, -0.1) is 0 Å². The molecule has 0 amide bonds. The van der Waals surface area contributed by atoms with Crippen molar-refractivity contribution in [3.05, 3.63) is 113 Å². The lowest BCUT2D eigenvalue weighted by Crippen LogP contribution is -2.25. The fourth-order valence-corrected chi connectivity index (χ4v) is 4.91. The van der Waals surface area contributed by atoms with Crippen molar-refractivity contribution in [1.29, 1.82) is 0 Å². The van der Waals surface area contributed by atoms with E-state index in [-0.39, 0.29) is 75.3 Å². The first-order valence-electron chi connectivity index (χ1n) is 16.4. The van der Waals surface area contributed by atoms with Gasteiger partial charge >= 0.3 is 24.1 Å². The maximum Gasteiger partial charge on any atom is 0.455 e. The van der Waals surface area contributed by atoms with Gasteiger partial charge in [-0.3, -0.25) is 19.9 Å². The second-order valence-corrected chi connectivity index (χ2v) is 12.5. The first kappa shape index (κ1) is 52.6. The Balaban J connectivity index is 0.000000455. The Bertz CT molecular complexity index is 2300. The van der Waals surface area contributed by atoms with E-state index in [1.165, 1.54) is 18.3 Å². The van der Waals surface area contributed by atoms with Gasteiger partial charge in [0.1, 0.15) is 17.3 Å². The van der Waals surface area contributed by atoms with Gasteiger partial charge in [0.05, 0.1) is 75.4 Å². The highest BCUT2D eigenvalue weighted by Crippen LogP contribution is 2.27. The van der Waals surface area contributed by atoms with Crippen molar-refractivity contribution in [1.82, 2.24) is 15.9 Å². The molecule has 0 saturated carbocycles. The number of halogens is 10. The minimum Gasteiger partial charge on any atom is -0.462 e. The average Bonchev–Trinajstić information content (AvgIpc) is 3.15. The van der Waals surface area contributed by atoms with Crippen molar-refractivity contribution in [3.8, 4) is 5.69 Å². The predicted octanol–water partition coefficient (Wildman–Crippen LogP) is 9.39. The Morgan fingerprint density at radius 2 is 1.17 bits per heavy atom. The van der Waals surface area contributed by atoms with Gasteiger partial charge in [0.15, 0.2) is 5.82 Å². The van der Waals surface area contributed by atoms with Gasteiger partial charge < -0.3 is 20.4 Å². The van der Waals surface area contributed by atoms with Crippen LogP contribution in [-0.2, 0) is 19.0 Å². The smallest absolute Gasteiger partial charge is 0.455 e. The molecule has 0 saturated heterocycles. The molecule has 0 radical (unpaired) electrons. The lowest BCUT2D eigenvalue weighted by molar-refractivity contribution is -0.162. The number of carbonyl (C=O) groups excluding carboxylic acids is 4. The minimum absolute atomic E-state index is 0. The van der Waals surface area contributed by atoms with Crippen molar-refractivity contribution in [2.75, 3.05) is 30.1 Å². The number of Topliss-reactive ketones (excluding diaryl/α,β-unsaturated/α-hetero) is 1. The third kappa shape index (κ3) is 14.4. The van der Waals surface area contributed by atoms with E-state index >= 15 is 0 Å². The highest BCUT2D eigenvalue weighted by atomic mass is 35.5. The highest BCUT2D eigenvalue weighted by Gasteiger charge is 2.37. The molecule has 0 atom stereocenters. The van der Waals surface area contributed by atoms with Gasteiger partial charge in [0.2, 0.25) is 0 Å². The zero-order valence-corrected chi connectivity index (χ0v) is 34.9. The number of nitrogens with zero attached hydrogens (tertiary/aromatic N) is 3. The number of ether oxygens (including phenoxy) is 3. The van der Waals surface area contributed by atoms with E-state index < -0.39 is 58.6 Å². The van der Waals surface area contributed by atoms with E-state index in [0.29, 0.717) is 11.1 Å². The number of hydrogen-bond donors (Lipinski definition) is 3. The molecule has 60 heavy (non-hydrogen) atoms. The number of carbonyl (C=O) groups is 4. The molecule has 0 aliphatic rings. The van der Waals surface area contributed by atoms with Crippen LogP contribution in [0.3, 0.4) is 0 Å². The van der Waals surface area contributed by atoms with Crippen molar-refractivity contribution in [2.24, 2.45) is 5.10 Å². The summed E-state index contributed by atoms with van der Waals surface area (Å²) in [4.78, 5) is 59.6. The maximum absolute atomic E-state index is 14.1. The summed E-state index contributed by atoms with van der Waals surface area (Å²) in [5.41, 5.74) is 1.79. The summed E-state index contributed by atoms with van der Waals surface area (Å²) < 4.78 is 91.8. The third-order valence-corrected chi connectivity index (χ3v) is 8.23. The van der Waals surface area contributed by atoms with Crippen molar-refractivity contribution >= 4 is 87.9 Å². The summed E-state index contributed by atoms with van der Waals surface area (Å²) in [5, 5.41) is 6.54. The van der Waals surface area contributed by atoms with Crippen LogP contribution in [0.1, 0.15) is 63.0 Å². The van der Waals surface area contributed by atoms with Gasteiger partial charge in [0.25, 0.3) is 11.3 Å². The number of anilines is 2. The molecule has 0 unspecified atom stereocenters. The topological polar surface area (TPSA) is 202 Å². The Hall–Kier alpha value is -5.41. The molecule has 0 aliphatic heterocycles. The third-order valence-electron chi connectivity index (χ3n) is 7.08. The highest BCUT2D eigenvalue weighted by molar-refractivity contribution is 6.35. The molecule has 3 aromatic carbocycles.